The van der Waals surface area contributed by atoms with Crippen molar-refractivity contribution < 1.29 is 26.8 Å². The van der Waals surface area contributed by atoms with E-state index >= 15 is 0 Å². The fourth-order valence-electron chi connectivity index (χ4n) is 3.95. The van der Waals surface area contributed by atoms with Gasteiger partial charge in [-0.15, -0.1) is 0 Å². The predicted molar refractivity (Wildman–Crippen MR) is 130 cm³/mol. The van der Waals surface area contributed by atoms with E-state index in [9.17, 15) is 22.4 Å². The van der Waals surface area contributed by atoms with Gasteiger partial charge < -0.3 is 9.73 Å². The van der Waals surface area contributed by atoms with Crippen LogP contribution < -0.4 is 5.32 Å². The van der Waals surface area contributed by atoms with Crippen LogP contribution in [0.4, 0.5) is 17.6 Å². The van der Waals surface area contributed by atoms with Gasteiger partial charge in [0, 0.05) is 23.9 Å². The van der Waals surface area contributed by atoms with E-state index in [1.807, 2.05) is 66.9 Å². The molecule has 0 aliphatic rings. The maximum Gasteiger partial charge on any atom is 0.287 e. The lowest BCUT2D eigenvalue weighted by Gasteiger charge is -2.05. The zero-order valence-electron chi connectivity index (χ0n) is 19.8. The molecule has 7 nitrogen and oxygen atoms in total. The quantitative estimate of drug-likeness (QED) is 0.234. The minimum absolute atomic E-state index is 0.0588. The molecule has 3 heterocycles. The number of alkyl halides is 4. The number of hydrogen-bond donors (Lipinski definition) is 1. The Hall–Kier alpha value is -4.67. The van der Waals surface area contributed by atoms with E-state index in [0.29, 0.717) is 11.8 Å². The highest BCUT2D eigenvalue weighted by Crippen LogP contribution is 2.26. The number of amides is 1. The molecular formula is C27H21F4N5O2. The first-order valence-corrected chi connectivity index (χ1v) is 11.6. The van der Waals surface area contributed by atoms with Gasteiger partial charge in [-0.1, -0.05) is 48.5 Å². The summed E-state index contributed by atoms with van der Waals surface area (Å²) in [4.78, 5) is 12.8. The number of nitrogens with one attached hydrogen (secondary N) is 1. The maximum atomic E-state index is 13.3. The van der Waals surface area contributed by atoms with Crippen molar-refractivity contribution in [1.29, 1.82) is 0 Å². The van der Waals surface area contributed by atoms with Crippen molar-refractivity contribution in [2.45, 2.75) is 25.9 Å². The van der Waals surface area contributed by atoms with Gasteiger partial charge >= 0.3 is 0 Å². The Bertz CT molecular complexity index is 1530. The van der Waals surface area contributed by atoms with Crippen LogP contribution in [-0.4, -0.2) is 25.5 Å². The first-order chi connectivity index (χ1) is 18.4. The molecule has 1 amide bonds. The molecule has 0 fully saturated rings. The zero-order valence-corrected chi connectivity index (χ0v) is 19.8. The van der Waals surface area contributed by atoms with Gasteiger partial charge in [0.15, 0.2) is 5.76 Å². The third-order valence-corrected chi connectivity index (χ3v) is 5.77. The molecule has 1 N–H and O–H groups in total. The van der Waals surface area contributed by atoms with Gasteiger partial charge in [0.05, 0.1) is 17.9 Å². The van der Waals surface area contributed by atoms with E-state index in [2.05, 4.69) is 10.4 Å². The number of para-hydroxylation sites is 1. The molecule has 2 aromatic carbocycles. The Morgan fingerprint density at radius 1 is 0.895 bits per heavy atom. The summed E-state index contributed by atoms with van der Waals surface area (Å²) < 4.78 is 60.4. The zero-order chi connectivity index (χ0) is 26.6. The van der Waals surface area contributed by atoms with Crippen molar-refractivity contribution in [1.82, 2.24) is 24.9 Å². The monoisotopic (exact) mass is 523 g/mol. The highest BCUT2D eigenvalue weighted by molar-refractivity contribution is 5.91. The summed E-state index contributed by atoms with van der Waals surface area (Å²) >= 11 is 0. The molecule has 38 heavy (non-hydrogen) atoms. The first-order valence-electron chi connectivity index (χ1n) is 11.6. The van der Waals surface area contributed by atoms with Crippen molar-refractivity contribution in [3.63, 3.8) is 0 Å². The van der Waals surface area contributed by atoms with Crippen LogP contribution in [0, 0.1) is 0 Å². The maximum absolute atomic E-state index is 13.3. The standard InChI is InChI=1S/C27H21F4N5O2/c28-25(29)21-13-22(26(30)31)36(33-21)16-20-11-12-23(38-20)27(37)32-14-18-15-35(19-9-5-2-6-10-19)34-24(18)17-7-3-1-4-8-17/h1-13,15,25-26H,14,16H2,(H,32,37). The van der Waals surface area contributed by atoms with Gasteiger partial charge in [-0.2, -0.15) is 10.2 Å². The molecule has 194 valence electrons. The number of benzene rings is 2. The van der Waals surface area contributed by atoms with E-state index in [-0.39, 0.29) is 24.6 Å². The van der Waals surface area contributed by atoms with E-state index in [1.54, 1.807) is 4.68 Å². The topological polar surface area (TPSA) is 77.9 Å². The van der Waals surface area contributed by atoms with Crippen molar-refractivity contribution >= 4 is 5.91 Å². The summed E-state index contributed by atoms with van der Waals surface area (Å²) in [5.74, 6) is -0.482. The molecule has 0 aliphatic carbocycles. The van der Waals surface area contributed by atoms with Crippen LogP contribution in [-0.2, 0) is 13.1 Å². The molecule has 0 spiro atoms. The molecule has 0 unspecified atom stereocenters. The highest BCUT2D eigenvalue weighted by atomic mass is 19.3. The van der Waals surface area contributed by atoms with E-state index in [4.69, 9.17) is 9.52 Å². The van der Waals surface area contributed by atoms with E-state index < -0.39 is 30.1 Å². The Kier molecular flexibility index (Phi) is 7.07. The van der Waals surface area contributed by atoms with Crippen LogP contribution in [0.25, 0.3) is 16.9 Å². The first kappa shape index (κ1) is 25.0. The average molecular weight is 523 g/mol. The predicted octanol–water partition coefficient (Wildman–Crippen LogP) is 6.18. The molecule has 0 saturated carbocycles. The van der Waals surface area contributed by atoms with Crippen molar-refractivity contribution in [2.75, 3.05) is 0 Å². The fourth-order valence-corrected chi connectivity index (χ4v) is 3.95. The normalized spacial score (nSPS) is 11.4. The van der Waals surface area contributed by atoms with Crippen LogP contribution in [0.2, 0.25) is 0 Å². The van der Waals surface area contributed by atoms with Crippen LogP contribution >= 0.6 is 0 Å². The number of carbonyl (C=O) groups excluding carboxylic acids is 1. The van der Waals surface area contributed by atoms with Gasteiger partial charge in [0.1, 0.15) is 17.1 Å². The van der Waals surface area contributed by atoms with Crippen LogP contribution in [0.5, 0.6) is 0 Å². The average Bonchev–Trinajstić information content (AvgIpc) is 3.67. The second kappa shape index (κ2) is 10.8. The number of carbonyl (C=O) groups is 1. The van der Waals surface area contributed by atoms with Gasteiger partial charge in [0.2, 0.25) is 0 Å². The second-order valence-corrected chi connectivity index (χ2v) is 8.35. The largest absolute Gasteiger partial charge is 0.454 e. The minimum Gasteiger partial charge on any atom is -0.454 e. The molecule has 5 aromatic rings. The summed E-state index contributed by atoms with van der Waals surface area (Å²) in [5, 5.41) is 11.0. The SMILES string of the molecule is O=C(NCc1cn(-c2ccccc2)nc1-c1ccccc1)c1ccc(Cn2nc(C(F)F)cc2C(F)F)o1. The summed E-state index contributed by atoms with van der Waals surface area (Å²) in [5.41, 5.74) is 1.78. The second-order valence-electron chi connectivity index (χ2n) is 8.35. The molecule has 0 bridgehead atoms. The molecule has 0 saturated heterocycles. The summed E-state index contributed by atoms with van der Waals surface area (Å²) in [6.07, 6.45) is -4.16. The van der Waals surface area contributed by atoms with Crippen molar-refractivity contribution in [3.8, 4) is 16.9 Å². The Labute approximate surface area is 214 Å². The molecular weight excluding hydrogens is 502 g/mol. The number of aromatic nitrogens is 4. The summed E-state index contributed by atoms with van der Waals surface area (Å²) in [7, 11) is 0. The Morgan fingerprint density at radius 3 is 2.29 bits per heavy atom. The third-order valence-electron chi connectivity index (χ3n) is 5.77. The lowest BCUT2D eigenvalue weighted by molar-refractivity contribution is 0.0920. The van der Waals surface area contributed by atoms with Crippen molar-refractivity contribution in [2.24, 2.45) is 0 Å². The summed E-state index contributed by atoms with van der Waals surface area (Å²) in [6, 6.07) is 22.5. The van der Waals surface area contributed by atoms with E-state index in [0.717, 1.165) is 21.5 Å². The van der Waals surface area contributed by atoms with Gasteiger partial charge in [0.25, 0.3) is 18.8 Å². The lowest BCUT2D eigenvalue weighted by atomic mass is 10.1. The number of halogens is 4. The third kappa shape index (κ3) is 5.36. The van der Waals surface area contributed by atoms with Gasteiger partial charge in [-0.05, 0) is 30.3 Å². The van der Waals surface area contributed by atoms with Crippen LogP contribution in [0.15, 0.2) is 89.5 Å². The molecule has 0 atom stereocenters. The molecule has 0 aliphatic heterocycles. The lowest BCUT2D eigenvalue weighted by Crippen LogP contribution is -2.22. The molecule has 11 heteroatoms. The molecule has 5 rings (SSSR count). The number of furan rings is 1. The molecule has 3 aromatic heterocycles. The smallest absolute Gasteiger partial charge is 0.287 e. The Morgan fingerprint density at radius 2 is 1.61 bits per heavy atom. The minimum atomic E-state index is -3.00. The fraction of sp³-hybridized carbons (Fsp3) is 0.148. The number of hydrogen-bond acceptors (Lipinski definition) is 4. The Balaban J connectivity index is 1.32. The number of nitrogens with zero attached hydrogens (tertiary/aromatic N) is 4. The number of rotatable bonds is 9. The van der Waals surface area contributed by atoms with E-state index in [1.165, 1.54) is 12.1 Å². The van der Waals surface area contributed by atoms with Gasteiger partial charge in [-0.25, -0.2) is 22.2 Å². The van der Waals surface area contributed by atoms with Crippen molar-refractivity contribution in [3.05, 3.63) is 114 Å². The van der Waals surface area contributed by atoms with Crippen LogP contribution in [0.3, 0.4) is 0 Å². The molecule has 0 radical (unpaired) electrons. The van der Waals surface area contributed by atoms with Crippen LogP contribution in [0.1, 0.15) is 46.1 Å². The van der Waals surface area contributed by atoms with Gasteiger partial charge in [-0.3, -0.25) is 9.48 Å². The highest BCUT2D eigenvalue weighted by Gasteiger charge is 2.22. The summed E-state index contributed by atoms with van der Waals surface area (Å²) in [6.45, 7) is -0.194.